The molecule has 0 aromatic heterocycles. The van der Waals surface area contributed by atoms with E-state index in [-0.39, 0.29) is 0 Å². The van der Waals surface area contributed by atoms with E-state index in [0.29, 0.717) is 0 Å². The minimum absolute atomic E-state index is 0.801. The zero-order valence-electron chi connectivity index (χ0n) is 7.93. The van der Waals surface area contributed by atoms with E-state index in [4.69, 9.17) is 0 Å². The SMILES string of the molecule is CCN(CC(C)C)C1CNC1. The fourth-order valence-corrected chi connectivity index (χ4v) is 1.54. The molecule has 0 atom stereocenters. The third kappa shape index (κ3) is 2.46. The molecular formula is C9H20N2. The maximum atomic E-state index is 3.31. The topological polar surface area (TPSA) is 15.3 Å². The van der Waals surface area contributed by atoms with Gasteiger partial charge in [-0.15, -0.1) is 0 Å². The van der Waals surface area contributed by atoms with E-state index in [1.807, 2.05) is 0 Å². The lowest BCUT2D eigenvalue weighted by Crippen LogP contribution is -2.57. The Bertz CT molecular complexity index is 108. The third-order valence-corrected chi connectivity index (χ3v) is 2.28. The molecule has 0 bridgehead atoms. The first-order valence-electron chi connectivity index (χ1n) is 4.68. The number of likely N-dealkylation sites (N-methyl/N-ethyl adjacent to an activating group) is 1. The fourth-order valence-electron chi connectivity index (χ4n) is 1.54. The van der Waals surface area contributed by atoms with Gasteiger partial charge < -0.3 is 5.32 Å². The Morgan fingerprint density at radius 2 is 2.09 bits per heavy atom. The van der Waals surface area contributed by atoms with Crippen LogP contribution in [0.25, 0.3) is 0 Å². The second-order valence-corrected chi connectivity index (χ2v) is 3.79. The molecule has 0 radical (unpaired) electrons. The normalized spacial score (nSPS) is 19.4. The summed E-state index contributed by atoms with van der Waals surface area (Å²) in [7, 11) is 0. The molecule has 0 aliphatic carbocycles. The summed E-state index contributed by atoms with van der Waals surface area (Å²) in [4.78, 5) is 2.57. The summed E-state index contributed by atoms with van der Waals surface area (Å²) < 4.78 is 0. The number of hydrogen-bond acceptors (Lipinski definition) is 2. The number of nitrogens with one attached hydrogen (secondary N) is 1. The summed E-state index contributed by atoms with van der Waals surface area (Å²) in [6.45, 7) is 11.7. The quantitative estimate of drug-likeness (QED) is 0.651. The van der Waals surface area contributed by atoms with Crippen LogP contribution >= 0.6 is 0 Å². The molecule has 1 heterocycles. The summed E-state index contributed by atoms with van der Waals surface area (Å²) >= 11 is 0. The Hall–Kier alpha value is -0.0800. The van der Waals surface area contributed by atoms with Crippen molar-refractivity contribution in [2.75, 3.05) is 26.2 Å². The van der Waals surface area contributed by atoms with Crippen molar-refractivity contribution in [2.45, 2.75) is 26.8 Å². The smallest absolute Gasteiger partial charge is 0.0345 e. The van der Waals surface area contributed by atoms with Crippen molar-refractivity contribution >= 4 is 0 Å². The highest BCUT2D eigenvalue weighted by molar-refractivity contribution is 4.84. The first kappa shape index (κ1) is 9.01. The van der Waals surface area contributed by atoms with Gasteiger partial charge in [0.2, 0.25) is 0 Å². The Kier molecular flexibility index (Phi) is 3.34. The largest absolute Gasteiger partial charge is 0.314 e. The standard InChI is InChI=1S/C9H20N2/c1-4-11(7-8(2)3)9-5-10-6-9/h8-10H,4-7H2,1-3H3. The summed E-state index contributed by atoms with van der Waals surface area (Å²) in [6.07, 6.45) is 0. The molecule has 2 heteroatoms. The van der Waals surface area contributed by atoms with Crippen LogP contribution in [0.5, 0.6) is 0 Å². The predicted molar refractivity (Wildman–Crippen MR) is 48.7 cm³/mol. The van der Waals surface area contributed by atoms with Crippen molar-refractivity contribution in [1.82, 2.24) is 10.2 Å². The van der Waals surface area contributed by atoms with Gasteiger partial charge in [0.15, 0.2) is 0 Å². The summed E-state index contributed by atoms with van der Waals surface area (Å²) in [5, 5.41) is 3.31. The van der Waals surface area contributed by atoms with Crippen LogP contribution in [0.2, 0.25) is 0 Å². The number of rotatable bonds is 4. The highest BCUT2D eigenvalue weighted by Gasteiger charge is 2.23. The van der Waals surface area contributed by atoms with Crippen molar-refractivity contribution in [2.24, 2.45) is 5.92 Å². The third-order valence-electron chi connectivity index (χ3n) is 2.28. The van der Waals surface area contributed by atoms with Gasteiger partial charge in [0.05, 0.1) is 0 Å². The maximum absolute atomic E-state index is 3.31. The Labute approximate surface area is 70.0 Å². The zero-order valence-corrected chi connectivity index (χ0v) is 7.93. The van der Waals surface area contributed by atoms with Crippen molar-refractivity contribution in [3.8, 4) is 0 Å². The van der Waals surface area contributed by atoms with E-state index in [1.54, 1.807) is 0 Å². The van der Waals surface area contributed by atoms with E-state index in [9.17, 15) is 0 Å². The van der Waals surface area contributed by atoms with Gasteiger partial charge in [-0.3, -0.25) is 4.90 Å². The van der Waals surface area contributed by atoms with Crippen LogP contribution in [0.1, 0.15) is 20.8 Å². The van der Waals surface area contributed by atoms with Gasteiger partial charge in [-0.1, -0.05) is 20.8 Å². The maximum Gasteiger partial charge on any atom is 0.0345 e. The van der Waals surface area contributed by atoms with E-state index < -0.39 is 0 Å². The second kappa shape index (κ2) is 4.07. The van der Waals surface area contributed by atoms with Gasteiger partial charge in [-0.25, -0.2) is 0 Å². The molecule has 0 spiro atoms. The molecule has 1 rings (SSSR count). The molecule has 1 aliphatic rings. The number of hydrogen-bond donors (Lipinski definition) is 1. The molecule has 1 saturated heterocycles. The van der Waals surface area contributed by atoms with Gasteiger partial charge >= 0.3 is 0 Å². The van der Waals surface area contributed by atoms with E-state index in [2.05, 4.69) is 31.0 Å². The molecule has 0 amide bonds. The van der Waals surface area contributed by atoms with E-state index in [0.717, 1.165) is 12.0 Å². The minimum Gasteiger partial charge on any atom is -0.314 e. The Morgan fingerprint density at radius 3 is 2.36 bits per heavy atom. The highest BCUT2D eigenvalue weighted by Crippen LogP contribution is 2.07. The van der Waals surface area contributed by atoms with Crippen molar-refractivity contribution in [1.29, 1.82) is 0 Å². The highest BCUT2D eigenvalue weighted by atomic mass is 15.2. The lowest BCUT2D eigenvalue weighted by molar-refractivity contribution is 0.137. The van der Waals surface area contributed by atoms with Crippen molar-refractivity contribution < 1.29 is 0 Å². The molecule has 1 aliphatic heterocycles. The summed E-state index contributed by atoms with van der Waals surface area (Å²) in [5.74, 6) is 0.801. The van der Waals surface area contributed by atoms with Gasteiger partial charge in [-0.2, -0.15) is 0 Å². The van der Waals surface area contributed by atoms with Crippen LogP contribution in [0.4, 0.5) is 0 Å². The van der Waals surface area contributed by atoms with Gasteiger partial charge in [-0.05, 0) is 12.5 Å². The van der Waals surface area contributed by atoms with Gasteiger partial charge in [0.25, 0.3) is 0 Å². The molecule has 0 saturated carbocycles. The molecule has 0 aromatic carbocycles. The Morgan fingerprint density at radius 1 is 1.45 bits per heavy atom. The fraction of sp³-hybridized carbons (Fsp3) is 1.00. The first-order chi connectivity index (χ1) is 5.24. The summed E-state index contributed by atoms with van der Waals surface area (Å²) in [6, 6.07) is 0.822. The van der Waals surface area contributed by atoms with Crippen molar-refractivity contribution in [3.63, 3.8) is 0 Å². The second-order valence-electron chi connectivity index (χ2n) is 3.79. The van der Waals surface area contributed by atoms with Crippen LogP contribution in [0, 0.1) is 5.92 Å². The monoisotopic (exact) mass is 156 g/mol. The lowest BCUT2D eigenvalue weighted by atomic mass is 10.1. The van der Waals surface area contributed by atoms with Gasteiger partial charge in [0, 0.05) is 25.7 Å². The van der Waals surface area contributed by atoms with E-state index >= 15 is 0 Å². The van der Waals surface area contributed by atoms with Crippen LogP contribution < -0.4 is 5.32 Å². The molecule has 0 aromatic rings. The van der Waals surface area contributed by atoms with Crippen LogP contribution in [0.3, 0.4) is 0 Å². The molecule has 1 fully saturated rings. The van der Waals surface area contributed by atoms with Gasteiger partial charge in [0.1, 0.15) is 0 Å². The van der Waals surface area contributed by atoms with Crippen molar-refractivity contribution in [3.05, 3.63) is 0 Å². The summed E-state index contributed by atoms with van der Waals surface area (Å²) in [5.41, 5.74) is 0. The van der Waals surface area contributed by atoms with Crippen LogP contribution in [-0.4, -0.2) is 37.1 Å². The average molecular weight is 156 g/mol. The molecule has 2 nitrogen and oxygen atoms in total. The lowest BCUT2D eigenvalue weighted by Gasteiger charge is -2.38. The van der Waals surface area contributed by atoms with E-state index in [1.165, 1.54) is 26.2 Å². The van der Waals surface area contributed by atoms with Crippen LogP contribution in [0.15, 0.2) is 0 Å². The molecular weight excluding hydrogens is 136 g/mol. The minimum atomic E-state index is 0.801. The average Bonchev–Trinajstić information content (AvgIpc) is 1.81. The Balaban J connectivity index is 2.23. The molecule has 0 unspecified atom stereocenters. The van der Waals surface area contributed by atoms with Crippen LogP contribution in [-0.2, 0) is 0 Å². The predicted octanol–water partition coefficient (Wildman–Crippen LogP) is 0.936. The molecule has 11 heavy (non-hydrogen) atoms. The zero-order chi connectivity index (χ0) is 8.27. The first-order valence-corrected chi connectivity index (χ1v) is 4.68. The molecule has 66 valence electrons. The molecule has 1 N–H and O–H groups in total. The number of nitrogens with zero attached hydrogens (tertiary/aromatic N) is 1.